The van der Waals surface area contributed by atoms with Crippen LogP contribution in [0.15, 0.2) is 5.16 Å². The first-order chi connectivity index (χ1) is 7.80. The molecule has 0 bridgehead atoms. The topological polar surface area (TPSA) is 64.8 Å². The van der Waals surface area contributed by atoms with Crippen LogP contribution in [0, 0.1) is 11.8 Å². The van der Waals surface area contributed by atoms with Crippen LogP contribution in [0.25, 0.3) is 0 Å². The van der Waals surface area contributed by atoms with Gasteiger partial charge in [0.25, 0.3) is 14.2 Å². The van der Waals surface area contributed by atoms with Gasteiger partial charge in [-0.15, -0.1) is 10.2 Å². The first kappa shape index (κ1) is 12.8. The third kappa shape index (κ3) is 2.63. The van der Waals surface area contributed by atoms with E-state index in [2.05, 4.69) is 17.1 Å². The van der Waals surface area contributed by atoms with Crippen molar-refractivity contribution in [3.8, 4) is 0 Å². The molecule has 0 spiro atoms. The van der Waals surface area contributed by atoms with Crippen LogP contribution in [0.2, 0.25) is 0 Å². The molecule has 1 saturated carbocycles. The van der Waals surface area contributed by atoms with E-state index in [0.717, 1.165) is 12.2 Å². The normalized spacial score (nSPS) is 24.3. The number of rotatable bonds is 4. The second-order valence-corrected chi connectivity index (χ2v) is 7.56. The van der Waals surface area contributed by atoms with Gasteiger partial charge in [0.15, 0.2) is 0 Å². The summed E-state index contributed by atoms with van der Waals surface area (Å²) >= 11 is 0. The van der Waals surface area contributed by atoms with Crippen molar-refractivity contribution in [2.45, 2.75) is 44.8 Å². The molecule has 2 atom stereocenters. The molecule has 0 aromatic carbocycles. The van der Waals surface area contributed by atoms with Gasteiger partial charge >= 0.3 is 0 Å². The molecule has 1 aliphatic rings. The van der Waals surface area contributed by atoms with Crippen molar-refractivity contribution in [3.63, 3.8) is 0 Å². The molecule has 96 valence electrons. The van der Waals surface area contributed by atoms with E-state index in [0.29, 0.717) is 24.3 Å². The number of hydrogen-bond acceptors (Lipinski definition) is 4. The molecule has 1 heterocycles. The number of nitrogens with zero attached hydrogens (tertiary/aromatic N) is 3. The van der Waals surface area contributed by atoms with Crippen LogP contribution in [0.1, 0.15) is 38.9 Å². The van der Waals surface area contributed by atoms with Gasteiger partial charge < -0.3 is 4.57 Å². The SMILES string of the molecule is CC(C)Cn1c(C2CC2C)nnc1S(=O)(=O)Cl. The van der Waals surface area contributed by atoms with Gasteiger partial charge in [-0.25, -0.2) is 8.42 Å². The van der Waals surface area contributed by atoms with E-state index in [1.807, 2.05) is 13.8 Å². The van der Waals surface area contributed by atoms with Gasteiger partial charge in [0.2, 0.25) is 0 Å². The fourth-order valence-electron chi connectivity index (χ4n) is 1.97. The average molecular weight is 278 g/mol. The minimum Gasteiger partial charge on any atom is -0.300 e. The summed E-state index contributed by atoms with van der Waals surface area (Å²) in [4.78, 5) is 0. The van der Waals surface area contributed by atoms with Gasteiger partial charge in [0, 0.05) is 23.1 Å². The zero-order chi connectivity index (χ0) is 12.8. The van der Waals surface area contributed by atoms with Crippen LogP contribution >= 0.6 is 10.7 Å². The second-order valence-electron chi connectivity index (χ2n) is 5.10. The van der Waals surface area contributed by atoms with E-state index in [-0.39, 0.29) is 5.16 Å². The minimum absolute atomic E-state index is 0.123. The van der Waals surface area contributed by atoms with Gasteiger partial charge in [-0.2, -0.15) is 0 Å². The van der Waals surface area contributed by atoms with Crippen molar-refractivity contribution in [2.75, 3.05) is 0 Å². The van der Waals surface area contributed by atoms with Crippen LogP contribution in [0.3, 0.4) is 0 Å². The Hall–Kier alpha value is -0.620. The summed E-state index contributed by atoms with van der Waals surface area (Å²) in [7, 11) is 1.55. The molecule has 0 amide bonds. The highest BCUT2D eigenvalue weighted by molar-refractivity contribution is 8.13. The maximum Gasteiger partial charge on any atom is 0.296 e. The fourth-order valence-corrected chi connectivity index (χ4v) is 2.89. The van der Waals surface area contributed by atoms with Crippen molar-refractivity contribution in [1.82, 2.24) is 14.8 Å². The largest absolute Gasteiger partial charge is 0.300 e. The highest BCUT2D eigenvalue weighted by Gasteiger charge is 2.40. The fraction of sp³-hybridized carbons (Fsp3) is 0.800. The molecule has 1 aromatic rings. The summed E-state index contributed by atoms with van der Waals surface area (Å²) in [6, 6.07) is 0. The zero-order valence-corrected chi connectivity index (χ0v) is 11.7. The summed E-state index contributed by atoms with van der Waals surface area (Å²) in [6.07, 6.45) is 1.04. The van der Waals surface area contributed by atoms with Crippen molar-refractivity contribution >= 4 is 19.7 Å². The predicted molar refractivity (Wildman–Crippen MR) is 64.4 cm³/mol. The van der Waals surface area contributed by atoms with Crippen molar-refractivity contribution in [2.24, 2.45) is 11.8 Å². The van der Waals surface area contributed by atoms with Gasteiger partial charge in [-0.1, -0.05) is 20.8 Å². The Kier molecular flexibility index (Phi) is 3.20. The molecule has 5 nitrogen and oxygen atoms in total. The predicted octanol–water partition coefficient (Wildman–Crippen LogP) is 1.98. The van der Waals surface area contributed by atoms with E-state index >= 15 is 0 Å². The molecular formula is C10H16ClN3O2S. The second kappa shape index (κ2) is 4.24. The maximum absolute atomic E-state index is 11.4. The summed E-state index contributed by atoms with van der Waals surface area (Å²) in [5.74, 6) is 1.95. The first-order valence-corrected chi connectivity index (χ1v) is 7.99. The van der Waals surface area contributed by atoms with Crippen LogP contribution < -0.4 is 0 Å². The highest BCUT2D eigenvalue weighted by Crippen LogP contribution is 2.46. The third-order valence-electron chi connectivity index (χ3n) is 2.95. The van der Waals surface area contributed by atoms with Crippen molar-refractivity contribution in [3.05, 3.63) is 5.82 Å². The van der Waals surface area contributed by atoms with E-state index in [9.17, 15) is 8.42 Å². The minimum atomic E-state index is -3.82. The Morgan fingerprint density at radius 3 is 2.47 bits per heavy atom. The molecule has 1 aromatic heterocycles. The molecule has 1 fully saturated rings. The number of hydrogen-bond donors (Lipinski definition) is 0. The first-order valence-electron chi connectivity index (χ1n) is 5.68. The van der Waals surface area contributed by atoms with Gasteiger partial charge in [0.05, 0.1) is 0 Å². The Labute approximate surface area is 106 Å². The molecule has 0 aliphatic heterocycles. The Bertz CT molecular complexity index is 524. The third-order valence-corrected chi connectivity index (χ3v) is 4.10. The van der Waals surface area contributed by atoms with Crippen LogP contribution in [0.5, 0.6) is 0 Å². The van der Waals surface area contributed by atoms with Crippen LogP contribution in [-0.2, 0) is 15.6 Å². The average Bonchev–Trinajstić information content (AvgIpc) is 2.72. The molecule has 7 heteroatoms. The molecule has 2 rings (SSSR count). The van der Waals surface area contributed by atoms with Crippen molar-refractivity contribution < 1.29 is 8.42 Å². The molecule has 0 radical (unpaired) electrons. The summed E-state index contributed by atoms with van der Waals surface area (Å²) < 4.78 is 24.5. The van der Waals surface area contributed by atoms with Gasteiger partial charge in [-0.05, 0) is 18.3 Å². The molecule has 1 aliphatic carbocycles. The molecule has 2 unspecified atom stereocenters. The standard InChI is InChI=1S/C10H16ClN3O2S/c1-6(2)5-14-9(8-4-7(8)3)12-13-10(14)17(11,15)16/h6-8H,4-5H2,1-3H3. The maximum atomic E-state index is 11.4. The molecule has 17 heavy (non-hydrogen) atoms. The summed E-state index contributed by atoms with van der Waals surface area (Å²) in [5, 5.41) is 7.60. The summed E-state index contributed by atoms with van der Waals surface area (Å²) in [6.45, 7) is 6.73. The lowest BCUT2D eigenvalue weighted by Crippen LogP contribution is -2.13. The zero-order valence-electron chi connectivity index (χ0n) is 10.1. The van der Waals surface area contributed by atoms with Crippen LogP contribution in [0.4, 0.5) is 0 Å². The lowest BCUT2D eigenvalue weighted by Gasteiger charge is -2.10. The molecule has 0 N–H and O–H groups in total. The Balaban J connectivity index is 2.44. The van der Waals surface area contributed by atoms with Gasteiger partial charge in [-0.3, -0.25) is 0 Å². The number of aromatic nitrogens is 3. The quantitative estimate of drug-likeness (QED) is 0.790. The lowest BCUT2D eigenvalue weighted by atomic mass is 10.2. The van der Waals surface area contributed by atoms with E-state index < -0.39 is 9.05 Å². The van der Waals surface area contributed by atoms with Crippen molar-refractivity contribution in [1.29, 1.82) is 0 Å². The van der Waals surface area contributed by atoms with E-state index in [1.54, 1.807) is 4.57 Å². The highest BCUT2D eigenvalue weighted by atomic mass is 35.7. The Morgan fingerprint density at radius 1 is 1.47 bits per heavy atom. The molecule has 0 saturated heterocycles. The van der Waals surface area contributed by atoms with Crippen LogP contribution in [-0.4, -0.2) is 23.2 Å². The summed E-state index contributed by atoms with van der Waals surface area (Å²) in [5.41, 5.74) is 0. The molecular weight excluding hydrogens is 262 g/mol. The van der Waals surface area contributed by atoms with E-state index in [4.69, 9.17) is 10.7 Å². The lowest BCUT2D eigenvalue weighted by molar-refractivity contribution is 0.470. The smallest absolute Gasteiger partial charge is 0.296 e. The monoisotopic (exact) mass is 277 g/mol. The Morgan fingerprint density at radius 2 is 2.06 bits per heavy atom. The van der Waals surface area contributed by atoms with Gasteiger partial charge in [0.1, 0.15) is 5.82 Å². The van der Waals surface area contributed by atoms with E-state index in [1.165, 1.54) is 0 Å². The number of halogens is 1.